The van der Waals surface area contributed by atoms with Crippen molar-refractivity contribution in [1.29, 1.82) is 0 Å². The molecule has 1 aliphatic heterocycles. The fourth-order valence-electron chi connectivity index (χ4n) is 2.65. The van der Waals surface area contributed by atoms with E-state index in [2.05, 4.69) is 10.00 Å². The van der Waals surface area contributed by atoms with Gasteiger partial charge in [-0.25, -0.2) is 4.39 Å². The monoisotopic (exact) mass is 304 g/mol. The van der Waals surface area contributed by atoms with E-state index in [-0.39, 0.29) is 11.4 Å². The first-order valence-electron chi connectivity index (χ1n) is 7.21. The van der Waals surface area contributed by atoms with Crippen molar-refractivity contribution >= 4 is 5.69 Å². The molecule has 0 atom stereocenters. The minimum absolute atomic E-state index is 0.240. The van der Waals surface area contributed by atoms with E-state index in [1.807, 2.05) is 0 Å². The number of hydrogen-bond acceptors (Lipinski definition) is 4. The number of halogens is 1. The highest BCUT2D eigenvalue weighted by Crippen LogP contribution is 2.14. The van der Waals surface area contributed by atoms with Gasteiger partial charge in [0, 0.05) is 17.6 Å². The summed E-state index contributed by atoms with van der Waals surface area (Å²) in [4.78, 5) is 15.0. The molecule has 2 aromatic rings. The molecule has 22 heavy (non-hydrogen) atoms. The van der Waals surface area contributed by atoms with E-state index in [0.29, 0.717) is 6.67 Å². The van der Waals surface area contributed by atoms with Crippen molar-refractivity contribution in [3.63, 3.8) is 0 Å². The largest absolute Gasteiger partial charge is 0.857 e. The Bertz CT molecular complexity index is 693. The predicted molar refractivity (Wildman–Crippen MR) is 77.3 cm³/mol. The van der Waals surface area contributed by atoms with E-state index in [9.17, 15) is 14.3 Å². The predicted octanol–water partition coefficient (Wildman–Crippen LogP) is -1.18. The zero-order valence-corrected chi connectivity index (χ0v) is 12.0. The summed E-state index contributed by atoms with van der Waals surface area (Å²) in [6, 6.07) is 8.89. The van der Waals surface area contributed by atoms with Crippen LogP contribution in [0.3, 0.4) is 0 Å². The van der Waals surface area contributed by atoms with Crippen molar-refractivity contribution in [1.82, 2.24) is 9.78 Å². The number of rotatable bonds is 3. The van der Waals surface area contributed by atoms with E-state index in [4.69, 9.17) is 0 Å². The minimum atomic E-state index is -0.399. The average Bonchev–Trinajstić information content (AvgIpc) is 2.53. The Morgan fingerprint density at radius 1 is 1.14 bits per heavy atom. The topological polar surface area (TPSA) is 65.6 Å². The van der Waals surface area contributed by atoms with Gasteiger partial charge in [0.05, 0.1) is 26.2 Å². The van der Waals surface area contributed by atoms with Crippen molar-refractivity contribution in [3.8, 4) is 5.88 Å². The Kier molecular flexibility index (Phi) is 4.06. The van der Waals surface area contributed by atoms with Gasteiger partial charge < -0.3 is 14.9 Å². The number of nitrogens with zero attached hydrogens (tertiary/aromatic N) is 3. The first-order valence-corrected chi connectivity index (χ1v) is 7.21. The van der Waals surface area contributed by atoms with Crippen molar-refractivity contribution in [2.45, 2.75) is 6.67 Å². The van der Waals surface area contributed by atoms with E-state index in [1.54, 1.807) is 12.1 Å². The Balaban J connectivity index is 1.61. The van der Waals surface area contributed by atoms with Gasteiger partial charge in [0.25, 0.3) is 5.56 Å². The third-order valence-electron chi connectivity index (χ3n) is 3.88. The normalized spacial score (nSPS) is 16.0. The summed E-state index contributed by atoms with van der Waals surface area (Å²) >= 11 is 0. The van der Waals surface area contributed by atoms with E-state index >= 15 is 0 Å². The van der Waals surface area contributed by atoms with Crippen LogP contribution < -0.4 is 20.5 Å². The molecule has 1 N–H and O–H groups in total. The van der Waals surface area contributed by atoms with E-state index < -0.39 is 5.88 Å². The van der Waals surface area contributed by atoms with Crippen molar-refractivity contribution in [2.75, 3.05) is 31.1 Å². The van der Waals surface area contributed by atoms with Gasteiger partial charge in [-0.15, -0.1) is 0 Å². The molecule has 1 aromatic carbocycles. The average molecular weight is 304 g/mol. The summed E-state index contributed by atoms with van der Waals surface area (Å²) < 4.78 is 14.2. The molecular formula is C15H17FN4O2. The maximum atomic E-state index is 12.9. The van der Waals surface area contributed by atoms with Gasteiger partial charge in [-0.05, 0) is 30.3 Å². The quantitative estimate of drug-likeness (QED) is 0.775. The number of aromatic nitrogens is 2. The van der Waals surface area contributed by atoms with Gasteiger partial charge >= 0.3 is 0 Å². The molecule has 2 heterocycles. The van der Waals surface area contributed by atoms with Crippen LogP contribution in [0, 0.1) is 5.82 Å². The molecule has 0 saturated carbocycles. The summed E-state index contributed by atoms with van der Waals surface area (Å²) in [5.74, 6) is -0.639. The van der Waals surface area contributed by atoms with Crippen LogP contribution >= 0.6 is 0 Å². The Hall–Kier alpha value is -2.41. The fourth-order valence-corrected chi connectivity index (χ4v) is 2.65. The lowest BCUT2D eigenvalue weighted by molar-refractivity contribution is -0.924. The number of hydrogen-bond donors (Lipinski definition) is 1. The highest BCUT2D eigenvalue weighted by Gasteiger charge is 2.20. The molecule has 1 aromatic heterocycles. The van der Waals surface area contributed by atoms with Crippen LogP contribution in [0.1, 0.15) is 0 Å². The lowest BCUT2D eigenvalue weighted by Gasteiger charge is -2.33. The van der Waals surface area contributed by atoms with Gasteiger partial charge in [0.1, 0.15) is 5.82 Å². The molecule has 0 amide bonds. The molecule has 116 valence electrons. The van der Waals surface area contributed by atoms with Crippen LogP contribution in [0.2, 0.25) is 0 Å². The SMILES string of the molecule is O=c1ccc([O-])nn1C[NH+]1CCN(c2ccc(F)cc2)CC1. The van der Waals surface area contributed by atoms with Crippen LogP contribution in [0.4, 0.5) is 10.1 Å². The molecule has 0 aliphatic carbocycles. The maximum absolute atomic E-state index is 12.9. The first-order chi connectivity index (χ1) is 10.6. The molecule has 0 bridgehead atoms. The number of nitrogens with one attached hydrogen (secondary N) is 1. The lowest BCUT2D eigenvalue weighted by atomic mass is 10.2. The first kappa shape index (κ1) is 14.5. The van der Waals surface area contributed by atoms with Gasteiger partial charge in [0.15, 0.2) is 6.67 Å². The molecule has 6 nitrogen and oxygen atoms in total. The van der Waals surface area contributed by atoms with Gasteiger partial charge in [-0.1, -0.05) is 0 Å². The third-order valence-corrected chi connectivity index (χ3v) is 3.88. The highest BCUT2D eigenvalue weighted by atomic mass is 19.1. The molecule has 0 unspecified atom stereocenters. The lowest BCUT2D eigenvalue weighted by Crippen LogP contribution is -3.14. The second-order valence-electron chi connectivity index (χ2n) is 5.38. The minimum Gasteiger partial charge on any atom is -0.857 e. The number of piperazine rings is 1. The zero-order chi connectivity index (χ0) is 15.5. The summed E-state index contributed by atoms with van der Waals surface area (Å²) in [5, 5.41) is 15.0. The number of benzene rings is 1. The summed E-state index contributed by atoms with van der Waals surface area (Å²) in [6.07, 6.45) is 0. The Morgan fingerprint density at radius 3 is 2.50 bits per heavy atom. The molecule has 7 heteroatoms. The van der Waals surface area contributed by atoms with Crippen molar-refractivity contribution in [2.24, 2.45) is 0 Å². The van der Waals surface area contributed by atoms with E-state index in [1.165, 1.54) is 33.8 Å². The molecule has 0 radical (unpaired) electrons. The second kappa shape index (κ2) is 6.15. The summed E-state index contributed by atoms with van der Waals surface area (Å²) in [5.41, 5.74) is 0.741. The van der Waals surface area contributed by atoms with Crippen LogP contribution in [0.25, 0.3) is 0 Å². The van der Waals surface area contributed by atoms with Crippen LogP contribution in [-0.2, 0) is 6.67 Å². The molecule has 3 rings (SSSR count). The van der Waals surface area contributed by atoms with Crippen LogP contribution in [-0.4, -0.2) is 36.0 Å². The molecule has 1 saturated heterocycles. The number of quaternary nitrogens is 1. The zero-order valence-electron chi connectivity index (χ0n) is 12.0. The Morgan fingerprint density at radius 2 is 1.82 bits per heavy atom. The van der Waals surface area contributed by atoms with Gasteiger partial charge in [-0.2, -0.15) is 9.78 Å². The summed E-state index contributed by atoms with van der Waals surface area (Å²) in [7, 11) is 0. The van der Waals surface area contributed by atoms with Gasteiger partial charge in [0.2, 0.25) is 0 Å². The molecule has 1 fully saturated rings. The van der Waals surface area contributed by atoms with Crippen LogP contribution in [0.15, 0.2) is 41.2 Å². The second-order valence-corrected chi connectivity index (χ2v) is 5.38. The fraction of sp³-hybridized carbons (Fsp3) is 0.333. The van der Waals surface area contributed by atoms with Crippen molar-refractivity contribution < 1.29 is 14.4 Å². The molecule has 1 aliphatic rings. The third kappa shape index (κ3) is 3.25. The van der Waals surface area contributed by atoms with E-state index in [0.717, 1.165) is 31.9 Å². The molecule has 0 spiro atoms. The maximum Gasteiger partial charge on any atom is 0.271 e. The number of anilines is 1. The van der Waals surface area contributed by atoms with Gasteiger partial charge in [-0.3, -0.25) is 4.79 Å². The van der Waals surface area contributed by atoms with Crippen LogP contribution in [0.5, 0.6) is 5.88 Å². The Labute approximate surface area is 127 Å². The van der Waals surface area contributed by atoms with Crippen molar-refractivity contribution in [3.05, 3.63) is 52.6 Å². The molecular weight excluding hydrogens is 287 g/mol. The highest BCUT2D eigenvalue weighted by molar-refractivity contribution is 5.46. The standard InChI is InChI=1S/C15H17FN4O2/c16-12-1-3-13(4-2-12)19-9-7-18(8-10-19)11-20-15(22)6-5-14(21)17-20/h1-6H,7-11H2,(H,17,21). The smallest absolute Gasteiger partial charge is 0.271 e. The summed E-state index contributed by atoms with van der Waals surface area (Å²) in [6.45, 7) is 3.68.